The Balaban J connectivity index is 2.27. The standard InChI is InChI=1S/C17H20N2/c1-2-13-19-17(18,16-11-7-4-8-12-16)14-15-9-5-3-6-10-15/h2-12,19H,1,13-14,18H2. The zero-order valence-corrected chi connectivity index (χ0v) is 11.0. The van der Waals surface area contributed by atoms with Crippen molar-refractivity contribution in [3.05, 3.63) is 84.4 Å². The fourth-order valence-corrected chi connectivity index (χ4v) is 2.17. The van der Waals surface area contributed by atoms with Crippen LogP contribution in [0, 0.1) is 0 Å². The van der Waals surface area contributed by atoms with Crippen LogP contribution in [0.3, 0.4) is 0 Å². The summed E-state index contributed by atoms with van der Waals surface area (Å²) >= 11 is 0. The van der Waals surface area contributed by atoms with Gasteiger partial charge in [-0.15, -0.1) is 6.58 Å². The van der Waals surface area contributed by atoms with Gasteiger partial charge >= 0.3 is 0 Å². The summed E-state index contributed by atoms with van der Waals surface area (Å²) in [7, 11) is 0. The molecule has 0 saturated heterocycles. The van der Waals surface area contributed by atoms with Crippen molar-refractivity contribution >= 4 is 0 Å². The maximum Gasteiger partial charge on any atom is 0.0968 e. The lowest BCUT2D eigenvalue weighted by molar-refractivity contribution is 0.358. The van der Waals surface area contributed by atoms with Crippen molar-refractivity contribution in [3.63, 3.8) is 0 Å². The Morgan fingerprint density at radius 1 is 1.00 bits per heavy atom. The van der Waals surface area contributed by atoms with E-state index in [4.69, 9.17) is 5.73 Å². The Hall–Kier alpha value is -1.90. The van der Waals surface area contributed by atoms with Crippen LogP contribution in [-0.4, -0.2) is 6.54 Å². The normalized spacial score (nSPS) is 13.7. The molecule has 0 spiro atoms. The van der Waals surface area contributed by atoms with Gasteiger partial charge in [0.1, 0.15) is 0 Å². The third kappa shape index (κ3) is 3.53. The van der Waals surface area contributed by atoms with Gasteiger partial charge < -0.3 is 5.73 Å². The number of benzene rings is 2. The minimum Gasteiger partial charge on any atom is -0.309 e. The molecule has 2 heteroatoms. The maximum absolute atomic E-state index is 6.58. The summed E-state index contributed by atoms with van der Waals surface area (Å²) in [4.78, 5) is 0. The van der Waals surface area contributed by atoms with E-state index in [-0.39, 0.29) is 0 Å². The van der Waals surface area contributed by atoms with E-state index in [0.717, 1.165) is 12.0 Å². The molecule has 0 aliphatic carbocycles. The molecule has 98 valence electrons. The lowest BCUT2D eigenvalue weighted by Gasteiger charge is -2.31. The molecule has 0 fully saturated rings. The molecular weight excluding hydrogens is 232 g/mol. The van der Waals surface area contributed by atoms with Gasteiger partial charge in [-0.3, -0.25) is 5.32 Å². The molecular formula is C17H20N2. The average molecular weight is 252 g/mol. The SMILES string of the molecule is C=CCNC(N)(Cc1ccccc1)c1ccccc1. The zero-order chi connectivity index (χ0) is 13.6. The highest BCUT2D eigenvalue weighted by molar-refractivity contribution is 5.27. The molecule has 0 heterocycles. The molecule has 0 aliphatic heterocycles. The third-order valence-corrected chi connectivity index (χ3v) is 3.18. The average Bonchev–Trinajstić information content (AvgIpc) is 2.47. The highest BCUT2D eigenvalue weighted by atomic mass is 15.1. The van der Waals surface area contributed by atoms with Crippen molar-refractivity contribution in [1.82, 2.24) is 5.32 Å². The molecule has 1 unspecified atom stereocenters. The van der Waals surface area contributed by atoms with Gasteiger partial charge in [-0.2, -0.15) is 0 Å². The van der Waals surface area contributed by atoms with Crippen LogP contribution in [0.1, 0.15) is 11.1 Å². The van der Waals surface area contributed by atoms with E-state index in [1.54, 1.807) is 0 Å². The van der Waals surface area contributed by atoms with Gasteiger partial charge in [-0.1, -0.05) is 66.7 Å². The predicted molar refractivity (Wildman–Crippen MR) is 80.7 cm³/mol. The highest BCUT2D eigenvalue weighted by Crippen LogP contribution is 2.20. The van der Waals surface area contributed by atoms with Crippen molar-refractivity contribution < 1.29 is 0 Å². The smallest absolute Gasteiger partial charge is 0.0968 e. The lowest BCUT2D eigenvalue weighted by atomic mass is 9.92. The molecule has 1 atom stereocenters. The minimum atomic E-state index is -0.573. The summed E-state index contributed by atoms with van der Waals surface area (Å²) in [5.41, 5.74) is 8.30. The van der Waals surface area contributed by atoms with Crippen molar-refractivity contribution in [1.29, 1.82) is 0 Å². The third-order valence-electron chi connectivity index (χ3n) is 3.18. The van der Waals surface area contributed by atoms with Gasteiger partial charge in [0.2, 0.25) is 0 Å². The van der Waals surface area contributed by atoms with Crippen LogP contribution < -0.4 is 11.1 Å². The Morgan fingerprint density at radius 3 is 2.16 bits per heavy atom. The van der Waals surface area contributed by atoms with Gasteiger partial charge in [0.15, 0.2) is 0 Å². The second kappa shape index (κ2) is 6.32. The van der Waals surface area contributed by atoms with E-state index in [9.17, 15) is 0 Å². The van der Waals surface area contributed by atoms with E-state index >= 15 is 0 Å². The fraction of sp³-hybridized carbons (Fsp3) is 0.176. The molecule has 3 N–H and O–H groups in total. The molecule has 0 radical (unpaired) electrons. The molecule has 0 amide bonds. The van der Waals surface area contributed by atoms with Crippen LogP contribution in [0.5, 0.6) is 0 Å². The van der Waals surface area contributed by atoms with Crippen LogP contribution in [0.2, 0.25) is 0 Å². The first-order valence-electron chi connectivity index (χ1n) is 6.49. The van der Waals surface area contributed by atoms with E-state index < -0.39 is 5.66 Å². The first-order chi connectivity index (χ1) is 9.24. The van der Waals surface area contributed by atoms with Crippen molar-refractivity contribution in [2.45, 2.75) is 12.1 Å². The van der Waals surface area contributed by atoms with Gasteiger partial charge in [0, 0.05) is 13.0 Å². The second-order valence-corrected chi connectivity index (χ2v) is 4.67. The quantitative estimate of drug-likeness (QED) is 0.613. The molecule has 2 nitrogen and oxygen atoms in total. The largest absolute Gasteiger partial charge is 0.309 e. The summed E-state index contributed by atoms with van der Waals surface area (Å²) in [5.74, 6) is 0. The van der Waals surface area contributed by atoms with E-state index in [2.05, 4.69) is 36.2 Å². The molecule has 2 aromatic carbocycles. The Labute approximate surface area is 115 Å². The van der Waals surface area contributed by atoms with Gasteiger partial charge in [-0.05, 0) is 11.1 Å². The first kappa shape index (κ1) is 13.5. The Bertz CT molecular complexity index is 507. The topological polar surface area (TPSA) is 38.0 Å². The number of rotatable bonds is 6. The van der Waals surface area contributed by atoms with Crippen molar-refractivity contribution in [2.24, 2.45) is 5.73 Å². The first-order valence-corrected chi connectivity index (χ1v) is 6.49. The fourth-order valence-electron chi connectivity index (χ4n) is 2.17. The van der Waals surface area contributed by atoms with Crippen molar-refractivity contribution in [2.75, 3.05) is 6.54 Å². The molecule has 19 heavy (non-hydrogen) atoms. The second-order valence-electron chi connectivity index (χ2n) is 4.67. The number of hydrogen-bond acceptors (Lipinski definition) is 2. The van der Waals surface area contributed by atoms with Gasteiger partial charge in [0.05, 0.1) is 5.66 Å². The number of hydrogen-bond donors (Lipinski definition) is 2. The molecule has 2 rings (SSSR count). The van der Waals surface area contributed by atoms with E-state index in [1.807, 2.05) is 42.5 Å². The number of nitrogens with two attached hydrogens (primary N) is 1. The summed E-state index contributed by atoms with van der Waals surface area (Å²) in [6.45, 7) is 4.43. The van der Waals surface area contributed by atoms with Crippen LogP contribution in [0.15, 0.2) is 73.3 Å². The van der Waals surface area contributed by atoms with Gasteiger partial charge in [0.25, 0.3) is 0 Å². The van der Waals surface area contributed by atoms with Crippen LogP contribution in [-0.2, 0) is 12.1 Å². The van der Waals surface area contributed by atoms with Crippen LogP contribution >= 0.6 is 0 Å². The Kier molecular flexibility index (Phi) is 4.50. The summed E-state index contributed by atoms with van der Waals surface area (Å²) in [5, 5.41) is 3.37. The lowest BCUT2D eigenvalue weighted by Crippen LogP contribution is -2.52. The van der Waals surface area contributed by atoms with Gasteiger partial charge in [-0.25, -0.2) is 0 Å². The molecule has 2 aromatic rings. The molecule has 0 saturated carbocycles. The predicted octanol–water partition coefficient (Wildman–Crippen LogP) is 2.82. The molecule has 0 aliphatic rings. The van der Waals surface area contributed by atoms with Crippen molar-refractivity contribution in [3.8, 4) is 0 Å². The summed E-state index contributed by atoms with van der Waals surface area (Å²) < 4.78 is 0. The zero-order valence-electron chi connectivity index (χ0n) is 11.0. The Morgan fingerprint density at radius 2 is 1.58 bits per heavy atom. The van der Waals surface area contributed by atoms with Crippen LogP contribution in [0.25, 0.3) is 0 Å². The molecule has 0 aromatic heterocycles. The summed E-state index contributed by atoms with van der Waals surface area (Å²) in [6, 6.07) is 20.4. The molecule has 0 bridgehead atoms. The van der Waals surface area contributed by atoms with E-state index in [1.165, 1.54) is 5.56 Å². The monoisotopic (exact) mass is 252 g/mol. The summed E-state index contributed by atoms with van der Waals surface area (Å²) in [6.07, 6.45) is 2.57. The number of nitrogens with one attached hydrogen (secondary N) is 1. The maximum atomic E-state index is 6.58. The highest BCUT2D eigenvalue weighted by Gasteiger charge is 2.26. The van der Waals surface area contributed by atoms with E-state index in [0.29, 0.717) is 6.54 Å². The minimum absolute atomic E-state index is 0.573. The van der Waals surface area contributed by atoms with Crippen LogP contribution in [0.4, 0.5) is 0 Å².